The van der Waals surface area contributed by atoms with Crippen LogP contribution in [0.4, 0.5) is 5.69 Å². The Morgan fingerprint density at radius 2 is 2.00 bits per heavy atom. The van der Waals surface area contributed by atoms with Crippen LogP contribution in [0.1, 0.15) is 36.0 Å². The summed E-state index contributed by atoms with van der Waals surface area (Å²) >= 11 is 0. The van der Waals surface area contributed by atoms with Crippen molar-refractivity contribution in [1.82, 2.24) is 10.2 Å². The van der Waals surface area contributed by atoms with Crippen molar-refractivity contribution >= 4 is 17.6 Å². The molecule has 1 aromatic carbocycles. The molecule has 4 heterocycles. The maximum atomic E-state index is 12.4. The van der Waals surface area contributed by atoms with Crippen molar-refractivity contribution in [2.75, 3.05) is 25.1 Å². The lowest BCUT2D eigenvalue weighted by Crippen LogP contribution is -2.71. The highest BCUT2D eigenvalue weighted by molar-refractivity contribution is 6.01. The first-order valence-electron chi connectivity index (χ1n) is 9.27. The first-order valence-corrected chi connectivity index (χ1v) is 9.27. The summed E-state index contributed by atoms with van der Waals surface area (Å²) in [6.45, 7) is 6.89. The van der Waals surface area contributed by atoms with Gasteiger partial charge < -0.3 is 29.7 Å². The third-order valence-corrected chi connectivity index (χ3v) is 6.14. The standard InChI is InChI=1S/C19H21N5O5/c1-10-23-24-15(28-10)14(25)21-11-4-5-13-12(6-11)19(9-27-16(20)22-19)18(7-26-8-18)17(2,3)29-13/h4-6H,7-9H2,1-3H3,(H2,20,22)(H,21,25). The van der Waals surface area contributed by atoms with Gasteiger partial charge in [0.25, 0.3) is 6.02 Å². The van der Waals surface area contributed by atoms with Crippen LogP contribution in [0.15, 0.2) is 27.6 Å². The zero-order chi connectivity index (χ0) is 20.4. The molecule has 1 fully saturated rings. The molecule has 2 spiro atoms. The van der Waals surface area contributed by atoms with Crippen LogP contribution in [0.3, 0.4) is 0 Å². The maximum Gasteiger partial charge on any atom is 0.313 e. The van der Waals surface area contributed by atoms with Crippen molar-refractivity contribution in [2.24, 2.45) is 16.1 Å². The third kappa shape index (κ3) is 2.32. The van der Waals surface area contributed by atoms with E-state index in [0.29, 0.717) is 30.5 Å². The molecule has 1 amide bonds. The van der Waals surface area contributed by atoms with E-state index in [2.05, 4.69) is 15.5 Å². The molecular weight excluding hydrogens is 378 g/mol. The average molecular weight is 399 g/mol. The van der Waals surface area contributed by atoms with Crippen molar-refractivity contribution in [2.45, 2.75) is 31.9 Å². The van der Waals surface area contributed by atoms with E-state index in [1.165, 1.54) is 0 Å². The fraction of sp³-hybridized carbons (Fsp3) is 0.474. The molecule has 1 saturated heterocycles. The third-order valence-electron chi connectivity index (χ3n) is 6.14. The Labute approximate surface area is 166 Å². The summed E-state index contributed by atoms with van der Waals surface area (Å²) in [6.07, 6.45) is 0. The molecule has 3 aliphatic heterocycles. The summed E-state index contributed by atoms with van der Waals surface area (Å²) in [6, 6.07) is 5.53. The molecule has 0 saturated carbocycles. The van der Waals surface area contributed by atoms with Gasteiger partial charge in [-0.05, 0) is 32.0 Å². The van der Waals surface area contributed by atoms with Crippen molar-refractivity contribution < 1.29 is 23.4 Å². The van der Waals surface area contributed by atoms with E-state index in [1.54, 1.807) is 13.0 Å². The van der Waals surface area contributed by atoms with E-state index >= 15 is 0 Å². The van der Waals surface area contributed by atoms with Gasteiger partial charge in [0.2, 0.25) is 5.89 Å². The van der Waals surface area contributed by atoms with Crippen molar-refractivity contribution in [3.8, 4) is 5.75 Å². The van der Waals surface area contributed by atoms with Crippen LogP contribution in [0, 0.1) is 12.3 Å². The second-order valence-corrected chi connectivity index (χ2v) is 8.08. The number of benzene rings is 1. The van der Waals surface area contributed by atoms with E-state index in [9.17, 15) is 4.79 Å². The summed E-state index contributed by atoms with van der Waals surface area (Å²) in [5, 5.41) is 10.2. The van der Waals surface area contributed by atoms with Crippen molar-refractivity contribution in [1.29, 1.82) is 0 Å². The van der Waals surface area contributed by atoms with Gasteiger partial charge in [0.1, 0.15) is 23.5 Å². The summed E-state index contributed by atoms with van der Waals surface area (Å²) < 4.78 is 22.8. The molecule has 3 aliphatic rings. The Balaban J connectivity index is 1.58. The van der Waals surface area contributed by atoms with Gasteiger partial charge in [-0.1, -0.05) is 0 Å². The number of nitrogens with one attached hydrogen (secondary N) is 1. The Morgan fingerprint density at radius 1 is 1.21 bits per heavy atom. The molecule has 1 aromatic heterocycles. The Morgan fingerprint density at radius 3 is 2.59 bits per heavy atom. The fourth-order valence-electron chi connectivity index (χ4n) is 4.43. The lowest BCUT2D eigenvalue weighted by Gasteiger charge is -2.61. The van der Waals surface area contributed by atoms with E-state index in [-0.39, 0.29) is 18.5 Å². The highest BCUT2D eigenvalue weighted by Crippen LogP contribution is 2.62. The molecule has 1 unspecified atom stereocenters. The summed E-state index contributed by atoms with van der Waals surface area (Å²) in [4.78, 5) is 17.2. The zero-order valence-corrected chi connectivity index (χ0v) is 16.3. The topological polar surface area (TPSA) is 134 Å². The molecule has 29 heavy (non-hydrogen) atoms. The molecule has 5 rings (SSSR count). The first kappa shape index (κ1) is 17.9. The van der Waals surface area contributed by atoms with E-state index in [4.69, 9.17) is 29.4 Å². The van der Waals surface area contributed by atoms with Crippen LogP contribution in [-0.2, 0) is 15.0 Å². The highest BCUT2D eigenvalue weighted by Gasteiger charge is 2.71. The number of amidine groups is 1. The van der Waals surface area contributed by atoms with Crippen LogP contribution >= 0.6 is 0 Å². The van der Waals surface area contributed by atoms with Crippen molar-refractivity contribution in [3.05, 3.63) is 35.5 Å². The normalized spacial score (nSPS) is 25.6. The number of aryl methyl sites for hydroxylation is 1. The second-order valence-electron chi connectivity index (χ2n) is 8.08. The maximum absolute atomic E-state index is 12.4. The average Bonchev–Trinajstić information content (AvgIpc) is 3.21. The zero-order valence-electron chi connectivity index (χ0n) is 16.3. The summed E-state index contributed by atoms with van der Waals surface area (Å²) in [5.74, 6) is 0.378. The number of ether oxygens (including phenoxy) is 3. The lowest BCUT2D eigenvalue weighted by atomic mass is 9.55. The van der Waals surface area contributed by atoms with Gasteiger partial charge in [-0.15, -0.1) is 10.2 Å². The van der Waals surface area contributed by atoms with Gasteiger partial charge >= 0.3 is 11.8 Å². The van der Waals surface area contributed by atoms with Gasteiger partial charge in [0.15, 0.2) is 0 Å². The van der Waals surface area contributed by atoms with Crippen LogP contribution in [0.25, 0.3) is 0 Å². The summed E-state index contributed by atoms with van der Waals surface area (Å²) in [7, 11) is 0. The second kappa shape index (κ2) is 5.69. The Hall–Kier alpha value is -3.14. The number of nitrogens with zero attached hydrogens (tertiary/aromatic N) is 3. The molecule has 10 heteroatoms. The van der Waals surface area contributed by atoms with E-state index in [0.717, 1.165) is 5.56 Å². The first-order chi connectivity index (χ1) is 13.8. The van der Waals surface area contributed by atoms with Gasteiger partial charge in [-0.3, -0.25) is 4.79 Å². The van der Waals surface area contributed by atoms with Gasteiger partial charge in [-0.25, -0.2) is 4.99 Å². The van der Waals surface area contributed by atoms with Gasteiger partial charge in [0.05, 0.1) is 18.6 Å². The number of amides is 1. The number of nitrogens with two attached hydrogens (primary N) is 1. The SMILES string of the molecule is Cc1nnc(C(=O)Nc2ccc3c(c2)C2(COC(N)=N2)C2(COC2)C(C)(C)O3)o1. The number of hydrogen-bond acceptors (Lipinski definition) is 9. The number of carbonyl (C=O) groups excluding carboxylic acids is 1. The lowest BCUT2D eigenvalue weighted by molar-refractivity contribution is -0.247. The molecule has 1 atom stereocenters. The number of fused-ring (bicyclic) bond motifs is 3. The minimum atomic E-state index is -0.770. The molecule has 152 valence electrons. The molecule has 2 aromatic rings. The number of rotatable bonds is 2. The van der Waals surface area contributed by atoms with Crippen LogP contribution in [0.5, 0.6) is 5.75 Å². The number of anilines is 1. The molecule has 3 N–H and O–H groups in total. The smallest absolute Gasteiger partial charge is 0.313 e. The van der Waals surface area contributed by atoms with Crippen LogP contribution in [0.2, 0.25) is 0 Å². The number of carbonyl (C=O) groups is 1. The highest BCUT2D eigenvalue weighted by atomic mass is 16.5. The molecule has 0 bridgehead atoms. The predicted octanol–water partition coefficient (Wildman–Crippen LogP) is 1.36. The molecule has 10 nitrogen and oxygen atoms in total. The monoisotopic (exact) mass is 399 g/mol. The van der Waals surface area contributed by atoms with Gasteiger partial charge in [-0.2, -0.15) is 0 Å². The Kier molecular flexibility index (Phi) is 3.52. The number of aromatic nitrogens is 2. The van der Waals surface area contributed by atoms with Crippen molar-refractivity contribution in [3.63, 3.8) is 0 Å². The quantitative estimate of drug-likeness (QED) is 0.773. The van der Waals surface area contributed by atoms with Gasteiger partial charge in [0, 0.05) is 18.2 Å². The van der Waals surface area contributed by atoms with E-state index < -0.39 is 22.5 Å². The van der Waals surface area contributed by atoms with E-state index in [1.807, 2.05) is 26.0 Å². The number of aliphatic imine (C=N–C) groups is 1. The summed E-state index contributed by atoms with van der Waals surface area (Å²) in [5.41, 5.74) is 5.50. The predicted molar refractivity (Wildman–Crippen MR) is 101 cm³/mol. The minimum Gasteiger partial charge on any atom is -0.487 e. The molecular formula is C19H21N5O5. The minimum absolute atomic E-state index is 0.109. The Bertz CT molecular complexity index is 1040. The largest absolute Gasteiger partial charge is 0.487 e. The van der Waals surface area contributed by atoms with Crippen LogP contribution < -0.4 is 15.8 Å². The fourth-order valence-corrected chi connectivity index (χ4v) is 4.43. The number of hydrogen-bond donors (Lipinski definition) is 2. The molecule has 0 aliphatic carbocycles. The van der Waals surface area contributed by atoms with Crippen LogP contribution in [-0.4, -0.2) is 47.5 Å². The molecule has 0 radical (unpaired) electrons.